The SMILES string of the molecule is O=C(c1ccc(O)cc1)c1c(C2CC2)nc2ncc(Br)cn12. The molecule has 1 aliphatic rings. The number of rotatable bonds is 3. The van der Waals surface area contributed by atoms with Gasteiger partial charge in [-0.3, -0.25) is 9.20 Å². The lowest BCUT2D eigenvalue weighted by atomic mass is 10.1. The van der Waals surface area contributed by atoms with E-state index in [9.17, 15) is 9.90 Å². The molecule has 2 aromatic heterocycles. The second-order valence-electron chi connectivity index (χ2n) is 5.44. The van der Waals surface area contributed by atoms with Crippen LogP contribution in [0.4, 0.5) is 0 Å². The fraction of sp³-hybridized carbons (Fsp3) is 0.188. The number of phenolic OH excluding ortho intramolecular Hbond substituents is 1. The van der Waals surface area contributed by atoms with Crippen LogP contribution in [0.2, 0.25) is 0 Å². The van der Waals surface area contributed by atoms with Gasteiger partial charge in [0.05, 0.1) is 10.2 Å². The van der Waals surface area contributed by atoms with Crippen LogP contribution in [0.1, 0.15) is 40.5 Å². The smallest absolute Gasteiger partial charge is 0.234 e. The Balaban J connectivity index is 1.91. The summed E-state index contributed by atoms with van der Waals surface area (Å²) in [5.74, 6) is 0.916. The zero-order chi connectivity index (χ0) is 15.3. The number of carbonyl (C=O) groups is 1. The number of hydrogen-bond acceptors (Lipinski definition) is 4. The summed E-state index contributed by atoms with van der Waals surface area (Å²) in [4.78, 5) is 21.7. The van der Waals surface area contributed by atoms with Gasteiger partial charge in [-0.2, -0.15) is 0 Å². The third-order valence-electron chi connectivity index (χ3n) is 3.78. The summed E-state index contributed by atoms with van der Waals surface area (Å²) in [5, 5.41) is 9.38. The monoisotopic (exact) mass is 357 g/mol. The van der Waals surface area contributed by atoms with E-state index in [4.69, 9.17) is 0 Å². The first-order valence-corrected chi connectivity index (χ1v) is 7.80. The average molecular weight is 358 g/mol. The first-order valence-electron chi connectivity index (χ1n) is 7.01. The Kier molecular flexibility index (Phi) is 3.00. The number of carbonyl (C=O) groups excluding carboxylic acids is 1. The van der Waals surface area contributed by atoms with Crippen molar-refractivity contribution in [1.29, 1.82) is 0 Å². The van der Waals surface area contributed by atoms with Crippen LogP contribution in [0.25, 0.3) is 5.78 Å². The minimum atomic E-state index is -0.102. The van der Waals surface area contributed by atoms with Crippen molar-refractivity contribution in [3.8, 4) is 5.75 Å². The Bertz CT molecular complexity index is 882. The maximum atomic E-state index is 12.9. The van der Waals surface area contributed by atoms with Crippen molar-refractivity contribution in [3.05, 3.63) is 58.1 Å². The zero-order valence-corrected chi connectivity index (χ0v) is 13.1. The van der Waals surface area contributed by atoms with Crippen LogP contribution in [0.3, 0.4) is 0 Å². The number of hydrogen-bond donors (Lipinski definition) is 1. The molecule has 2 heterocycles. The van der Waals surface area contributed by atoms with E-state index in [-0.39, 0.29) is 11.5 Å². The molecule has 4 rings (SSSR count). The molecule has 1 saturated carbocycles. The molecular weight excluding hydrogens is 346 g/mol. The number of aromatic hydroxyl groups is 1. The molecule has 0 amide bonds. The molecule has 1 fully saturated rings. The molecule has 22 heavy (non-hydrogen) atoms. The van der Waals surface area contributed by atoms with Gasteiger partial charge in [-0.25, -0.2) is 9.97 Å². The first kappa shape index (κ1) is 13.5. The van der Waals surface area contributed by atoms with Gasteiger partial charge in [0.2, 0.25) is 11.6 Å². The van der Waals surface area contributed by atoms with Gasteiger partial charge in [-0.15, -0.1) is 0 Å². The van der Waals surface area contributed by atoms with Gasteiger partial charge < -0.3 is 5.11 Å². The average Bonchev–Trinajstić information content (AvgIpc) is 3.28. The largest absolute Gasteiger partial charge is 0.508 e. The van der Waals surface area contributed by atoms with E-state index >= 15 is 0 Å². The van der Waals surface area contributed by atoms with Gasteiger partial charge in [-0.05, 0) is 53.0 Å². The number of aromatic nitrogens is 3. The summed E-state index contributed by atoms with van der Waals surface area (Å²) in [7, 11) is 0. The second kappa shape index (κ2) is 4.91. The molecule has 5 nitrogen and oxygen atoms in total. The molecule has 0 atom stereocenters. The molecule has 1 aromatic carbocycles. The predicted octanol–water partition coefficient (Wildman–Crippen LogP) is 3.31. The maximum absolute atomic E-state index is 12.9. The lowest BCUT2D eigenvalue weighted by Crippen LogP contribution is -2.08. The Morgan fingerprint density at radius 1 is 1.27 bits per heavy atom. The van der Waals surface area contributed by atoms with Crippen molar-refractivity contribution < 1.29 is 9.90 Å². The van der Waals surface area contributed by atoms with E-state index in [1.54, 1.807) is 22.7 Å². The molecular formula is C16H12BrN3O2. The van der Waals surface area contributed by atoms with Crippen LogP contribution >= 0.6 is 15.9 Å². The normalized spacial score (nSPS) is 14.4. The quantitative estimate of drug-likeness (QED) is 0.730. The highest BCUT2D eigenvalue weighted by Gasteiger charge is 2.33. The Morgan fingerprint density at radius 3 is 2.68 bits per heavy atom. The van der Waals surface area contributed by atoms with E-state index in [0.717, 1.165) is 23.0 Å². The van der Waals surface area contributed by atoms with Crippen LogP contribution < -0.4 is 0 Å². The van der Waals surface area contributed by atoms with Crippen LogP contribution in [-0.4, -0.2) is 25.3 Å². The maximum Gasteiger partial charge on any atom is 0.234 e. The van der Waals surface area contributed by atoms with Gasteiger partial charge in [0, 0.05) is 23.9 Å². The highest BCUT2D eigenvalue weighted by Crippen LogP contribution is 2.41. The fourth-order valence-corrected chi connectivity index (χ4v) is 2.85. The van der Waals surface area contributed by atoms with Gasteiger partial charge >= 0.3 is 0 Å². The van der Waals surface area contributed by atoms with Crippen molar-refractivity contribution in [2.45, 2.75) is 18.8 Å². The van der Waals surface area contributed by atoms with E-state index in [2.05, 4.69) is 25.9 Å². The molecule has 0 aliphatic heterocycles. The Morgan fingerprint density at radius 2 is 2.00 bits per heavy atom. The lowest BCUT2D eigenvalue weighted by Gasteiger charge is -2.04. The molecule has 0 spiro atoms. The number of fused-ring (bicyclic) bond motifs is 1. The number of halogens is 1. The first-order chi connectivity index (χ1) is 10.6. The highest BCUT2D eigenvalue weighted by molar-refractivity contribution is 9.10. The molecule has 0 radical (unpaired) electrons. The summed E-state index contributed by atoms with van der Waals surface area (Å²) >= 11 is 3.39. The van der Waals surface area contributed by atoms with E-state index in [1.165, 1.54) is 12.1 Å². The summed E-state index contributed by atoms with van der Waals surface area (Å²) in [5.41, 5.74) is 1.92. The van der Waals surface area contributed by atoms with Crippen molar-refractivity contribution in [2.24, 2.45) is 0 Å². The minimum absolute atomic E-state index is 0.102. The molecule has 0 bridgehead atoms. The number of phenols is 1. The highest BCUT2D eigenvalue weighted by atomic mass is 79.9. The number of ketones is 1. The van der Waals surface area contributed by atoms with Gasteiger partial charge in [-0.1, -0.05) is 0 Å². The predicted molar refractivity (Wildman–Crippen MR) is 84.2 cm³/mol. The molecule has 1 N–H and O–H groups in total. The van der Waals surface area contributed by atoms with Crippen LogP contribution in [0.5, 0.6) is 5.75 Å². The summed E-state index contributed by atoms with van der Waals surface area (Å²) in [6, 6.07) is 6.28. The summed E-state index contributed by atoms with van der Waals surface area (Å²) in [6.07, 6.45) is 5.60. The molecule has 0 saturated heterocycles. The van der Waals surface area contributed by atoms with Gasteiger partial charge in [0.25, 0.3) is 0 Å². The van der Waals surface area contributed by atoms with Crippen LogP contribution in [0.15, 0.2) is 41.1 Å². The van der Waals surface area contributed by atoms with Crippen molar-refractivity contribution in [3.63, 3.8) is 0 Å². The second-order valence-corrected chi connectivity index (χ2v) is 6.35. The van der Waals surface area contributed by atoms with Crippen molar-refractivity contribution in [1.82, 2.24) is 14.4 Å². The third kappa shape index (κ3) is 2.20. The number of nitrogens with zero attached hydrogens (tertiary/aromatic N) is 3. The molecule has 0 unspecified atom stereocenters. The van der Waals surface area contributed by atoms with E-state index < -0.39 is 0 Å². The molecule has 6 heteroatoms. The topological polar surface area (TPSA) is 67.5 Å². The summed E-state index contributed by atoms with van der Waals surface area (Å²) < 4.78 is 2.53. The van der Waals surface area contributed by atoms with Gasteiger partial charge in [0.15, 0.2) is 0 Å². The third-order valence-corrected chi connectivity index (χ3v) is 4.19. The Hall–Kier alpha value is -2.21. The zero-order valence-electron chi connectivity index (χ0n) is 11.5. The van der Waals surface area contributed by atoms with E-state index in [0.29, 0.717) is 23.0 Å². The van der Waals surface area contributed by atoms with Crippen LogP contribution in [-0.2, 0) is 0 Å². The number of benzene rings is 1. The van der Waals surface area contributed by atoms with Gasteiger partial charge in [0.1, 0.15) is 11.4 Å². The van der Waals surface area contributed by atoms with Crippen molar-refractivity contribution >= 4 is 27.5 Å². The van der Waals surface area contributed by atoms with Crippen LogP contribution in [0, 0.1) is 0 Å². The Labute approximate surface area is 134 Å². The fourth-order valence-electron chi connectivity index (χ4n) is 2.54. The summed E-state index contributed by atoms with van der Waals surface area (Å²) in [6.45, 7) is 0. The number of imidazole rings is 1. The molecule has 1 aliphatic carbocycles. The van der Waals surface area contributed by atoms with E-state index in [1.807, 2.05) is 6.20 Å². The standard InChI is InChI=1S/C16H12BrN3O2/c17-11-7-18-16-19-13(9-1-2-9)14(20(16)8-11)15(22)10-3-5-12(21)6-4-10/h3-9,21H,1-2H2. The molecule has 3 aromatic rings. The minimum Gasteiger partial charge on any atom is -0.508 e. The van der Waals surface area contributed by atoms with Crippen molar-refractivity contribution in [2.75, 3.05) is 0 Å². The molecule has 110 valence electrons. The lowest BCUT2D eigenvalue weighted by molar-refractivity contribution is 0.103.